The van der Waals surface area contributed by atoms with Gasteiger partial charge in [0.1, 0.15) is 0 Å². The molecule has 3 aromatic heterocycles. The molecule has 0 aliphatic rings. The molecule has 0 unspecified atom stereocenters. The molecule has 3 heterocycles. The van der Waals surface area contributed by atoms with E-state index in [-0.39, 0.29) is 0 Å². The van der Waals surface area contributed by atoms with Crippen molar-refractivity contribution in [3.05, 3.63) is 157 Å². The van der Waals surface area contributed by atoms with Crippen molar-refractivity contribution < 1.29 is 0 Å². The van der Waals surface area contributed by atoms with Crippen LogP contribution < -0.4 is 0 Å². The Labute approximate surface area is 270 Å². The van der Waals surface area contributed by atoms with Gasteiger partial charge in [-0.15, -0.1) is 0 Å². The summed E-state index contributed by atoms with van der Waals surface area (Å²) in [6, 6.07) is 54.0. The summed E-state index contributed by atoms with van der Waals surface area (Å²) < 4.78 is 4.72. The fourth-order valence-electron chi connectivity index (χ4n) is 7.53. The van der Waals surface area contributed by atoms with Crippen molar-refractivity contribution >= 4 is 65.3 Å². The first kappa shape index (κ1) is 26.0. The van der Waals surface area contributed by atoms with E-state index < -0.39 is 0 Å². The molecule has 4 nitrogen and oxygen atoms in total. The molecule has 4 heteroatoms. The second kappa shape index (κ2) is 9.87. The highest BCUT2D eigenvalue weighted by Crippen LogP contribution is 2.43. The fourth-order valence-corrected chi connectivity index (χ4v) is 7.53. The Bertz CT molecular complexity index is 2840. The Hall–Kier alpha value is -6.26. The van der Waals surface area contributed by atoms with Crippen molar-refractivity contribution in [3.8, 4) is 22.9 Å². The molecule has 0 aliphatic carbocycles. The van der Waals surface area contributed by atoms with Crippen LogP contribution in [0.25, 0.3) is 88.2 Å². The van der Waals surface area contributed by atoms with E-state index in [2.05, 4.69) is 162 Å². The van der Waals surface area contributed by atoms with Gasteiger partial charge in [0, 0.05) is 38.2 Å². The van der Waals surface area contributed by atoms with Gasteiger partial charge in [-0.3, -0.25) is 4.57 Å². The van der Waals surface area contributed by atoms with Gasteiger partial charge in [0.25, 0.3) is 0 Å². The van der Waals surface area contributed by atoms with Crippen molar-refractivity contribution in [2.45, 2.75) is 6.92 Å². The van der Waals surface area contributed by atoms with Gasteiger partial charge in [-0.05, 0) is 48.0 Å². The van der Waals surface area contributed by atoms with Crippen LogP contribution in [0.1, 0.15) is 5.56 Å². The lowest BCUT2D eigenvalue weighted by Gasteiger charge is -2.13. The summed E-state index contributed by atoms with van der Waals surface area (Å²) in [5.74, 6) is 0.659. The molecule has 0 N–H and O–H groups in total. The number of fused-ring (bicyclic) bond motifs is 10. The van der Waals surface area contributed by atoms with E-state index in [1.807, 2.05) is 6.07 Å². The number of para-hydroxylation sites is 3. The number of nitrogens with zero attached hydrogens (tertiary/aromatic N) is 4. The maximum Gasteiger partial charge on any atom is 0.235 e. The quantitative estimate of drug-likeness (QED) is 0.202. The summed E-state index contributed by atoms with van der Waals surface area (Å²) in [5.41, 5.74) is 9.77. The fraction of sp³-hybridized carbons (Fsp3) is 0.0233. The summed E-state index contributed by atoms with van der Waals surface area (Å²) in [6.45, 7) is 2.16. The van der Waals surface area contributed by atoms with Crippen molar-refractivity contribution in [2.24, 2.45) is 0 Å². The number of aryl methyl sites for hydroxylation is 1. The van der Waals surface area contributed by atoms with Crippen LogP contribution in [-0.2, 0) is 0 Å². The monoisotopic (exact) mass is 600 g/mol. The SMILES string of the molecule is Cc1ccc2c(ccc3c2c2ccc4c5ccccc5n(-c5ccccc5)c4c2n3-c2nc(-c3ccccc3)c3ccccc3n2)c1. The molecule has 0 saturated heterocycles. The lowest BCUT2D eigenvalue weighted by molar-refractivity contribution is 1.01. The van der Waals surface area contributed by atoms with Crippen LogP contribution in [0, 0.1) is 6.92 Å². The molecule has 10 rings (SSSR count). The molecule has 10 aromatic rings. The maximum absolute atomic E-state index is 5.41. The van der Waals surface area contributed by atoms with Crippen LogP contribution in [0.5, 0.6) is 0 Å². The Morgan fingerprint density at radius 1 is 0.468 bits per heavy atom. The summed E-state index contributed by atoms with van der Waals surface area (Å²) in [4.78, 5) is 10.7. The van der Waals surface area contributed by atoms with Gasteiger partial charge in [-0.25, -0.2) is 9.97 Å². The van der Waals surface area contributed by atoms with E-state index in [1.165, 1.54) is 43.4 Å². The highest BCUT2D eigenvalue weighted by atomic mass is 15.2. The molecule has 0 aliphatic heterocycles. The van der Waals surface area contributed by atoms with Gasteiger partial charge in [-0.2, -0.15) is 0 Å². The predicted octanol–water partition coefficient (Wildman–Crippen LogP) is 11.0. The molecule has 220 valence electrons. The minimum atomic E-state index is 0.659. The minimum absolute atomic E-state index is 0.659. The van der Waals surface area contributed by atoms with Gasteiger partial charge in [0.15, 0.2) is 0 Å². The van der Waals surface area contributed by atoms with Crippen LogP contribution in [0.15, 0.2) is 152 Å². The average Bonchev–Trinajstić information content (AvgIpc) is 3.65. The number of aromatic nitrogens is 4. The topological polar surface area (TPSA) is 35.6 Å². The summed E-state index contributed by atoms with van der Waals surface area (Å²) in [5, 5.41) is 8.29. The third-order valence-corrected chi connectivity index (χ3v) is 9.55. The number of hydrogen-bond acceptors (Lipinski definition) is 2. The molecule has 7 aromatic carbocycles. The molecule has 0 bridgehead atoms. The summed E-state index contributed by atoms with van der Waals surface area (Å²) in [6.07, 6.45) is 0. The second-order valence-electron chi connectivity index (χ2n) is 12.3. The number of benzene rings is 7. The van der Waals surface area contributed by atoms with Crippen molar-refractivity contribution in [1.29, 1.82) is 0 Å². The Kier molecular flexibility index (Phi) is 5.46. The third kappa shape index (κ3) is 3.76. The van der Waals surface area contributed by atoms with Crippen molar-refractivity contribution in [3.63, 3.8) is 0 Å². The number of rotatable bonds is 3. The molecule has 0 atom stereocenters. The van der Waals surface area contributed by atoms with E-state index in [0.717, 1.165) is 44.4 Å². The van der Waals surface area contributed by atoms with E-state index in [9.17, 15) is 0 Å². The van der Waals surface area contributed by atoms with Crippen LogP contribution in [0.4, 0.5) is 0 Å². The van der Waals surface area contributed by atoms with Crippen LogP contribution in [0.2, 0.25) is 0 Å². The van der Waals surface area contributed by atoms with Crippen molar-refractivity contribution in [1.82, 2.24) is 19.1 Å². The molecular weight excluding hydrogens is 573 g/mol. The van der Waals surface area contributed by atoms with Gasteiger partial charge < -0.3 is 4.57 Å². The van der Waals surface area contributed by atoms with Gasteiger partial charge >= 0.3 is 0 Å². The first-order valence-corrected chi connectivity index (χ1v) is 16.0. The van der Waals surface area contributed by atoms with Gasteiger partial charge in [0.05, 0.1) is 33.3 Å². The first-order valence-electron chi connectivity index (χ1n) is 16.0. The van der Waals surface area contributed by atoms with Gasteiger partial charge in [0.2, 0.25) is 5.95 Å². The Morgan fingerprint density at radius 2 is 1.15 bits per heavy atom. The normalized spacial score (nSPS) is 11.9. The molecule has 0 radical (unpaired) electrons. The summed E-state index contributed by atoms with van der Waals surface area (Å²) in [7, 11) is 0. The van der Waals surface area contributed by atoms with E-state index in [4.69, 9.17) is 9.97 Å². The van der Waals surface area contributed by atoms with Crippen LogP contribution in [-0.4, -0.2) is 19.1 Å². The molecule has 0 amide bonds. The van der Waals surface area contributed by atoms with Gasteiger partial charge in [-0.1, -0.05) is 127 Å². The lowest BCUT2D eigenvalue weighted by Crippen LogP contribution is -2.04. The average molecular weight is 601 g/mol. The first-order chi connectivity index (χ1) is 23.2. The second-order valence-corrected chi connectivity index (χ2v) is 12.3. The molecule has 47 heavy (non-hydrogen) atoms. The van der Waals surface area contributed by atoms with Crippen molar-refractivity contribution in [2.75, 3.05) is 0 Å². The van der Waals surface area contributed by atoms with Crippen LogP contribution >= 0.6 is 0 Å². The lowest BCUT2D eigenvalue weighted by atomic mass is 10.0. The Morgan fingerprint density at radius 3 is 2.00 bits per heavy atom. The smallest absolute Gasteiger partial charge is 0.235 e. The highest BCUT2D eigenvalue weighted by Gasteiger charge is 2.24. The van der Waals surface area contributed by atoms with E-state index in [0.29, 0.717) is 5.95 Å². The van der Waals surface area contributed by atoms with Crippen LogP contribution in [0.3, 0.4) is 0 Å². The standard InChI is InChI=1S/C43H28N4/c1-27-20-22-31-29(26-27)21-25-38-39(31)35-24-23-33-32-16-9-11-19-37(32)46(30-14-6-3-7-15-30)41(33)42(35)47(38)43-44-36-18-10-8-17-34(36)40(45-43)28-12-4-2-5-13-28/h2-26H,1H3. The van der Waals surface area contributed by atoms with E-state index in [1.54, 1.807) is 0 Å². The predicted molar refractivity (Wildman–Crippen MR) is 196 cm³/mol. The molecular formula is C43H28N4. The minimum Gasteiger partial charge on any atom is -0.307 e. The van der Waals surface area contributed by atoms with E-state index >= 15 is 0 Å². The summed E-state index contributed by atoms with van der Waals surface area (Å²) >= 11 is 0. The molecule has 0 fully saturated rings. The molecule has 0 spiro atoms. The number of hydrogen-bond donors (Lipinski definition) is 0. The largest absolute Gasteiger partial charge is 0.307 e. The third-order valence-electron chi connectivity index (χ3n) is 9.55. The zero-order valence-corrected chi connectivity index (χ0v) is 25.7. The highest BCUT2D eigenvalue weighted by molar-refractivity contribution is 6.28. The Balaban J connectivity index is 1.46. The maximum atomic E-state index is 5.41. The molecule has 0 saturated carbocycles. The zero-order chi connectivity index (χ0) is 31.1. The zero-order valence-electron chi connectivity index (χ0n) is 25.7.